The summed E-state index contributed by atoms with van der Waals surface area (Å²) in [4.78, 5) is 12.1. The number of halogens is 1. The molecule has 1 unspecified atom stereocenters. The van der Waals surface area contributed by atoms with E-state index in [1.165, 1.54) is 0 Å². The maximum atomic E-state index is 12.1. The molecule has 2 rings (SSSR count). The average Bonchev–Trinajstić information content (AvgIpc) is 2.46. The van der Waals surface area contributed by atoms with Crippen LogP contribution in [0.25, 0.3) is 0 Å². The van der Waals surface area contributed by atoms with Gasteiger partial charge in [-0.25, -0.2) is 0 Å². The highest BCUT2D eigenvalue weighted by Gasteiger charge is 2.35. The molecule has 1 aromatic carbocycles. The van der Waals surface area contributed by atoms with E-state index in [-0.39, 0.29) is 12.5 Å². The number of carbonyl (C=O) groups is 1. The van der Waals surface area contributed by atoms with Crippen LogP contribution in [0.5, 0.6) is 0 Å². The number of aliphatic hydroxyl groups is 1. The molecule has 1 fully saturated rings. The van der Waals surface area contributed by atoms with Gasteiger partial charge < -0.3 is 16.2 Å². The fourth-order valence-electron chi connectivity index (χ4n) is 2.58. The third-order valence-electron chi connectivity index (χ3n) is 3.91. The van der Waals surface area contributed by atoms with Gasteiger partial charge in [-0.05, 0) is 30.5 Å². The monoisotopic (exact) mass is 296 g/mol. The van der Waals surface area contributed by atoms with Gasteiger partial charge in [0, 0.05) is 11.6 Å². The molecule has 1 saturated carbocycles. The summed E-state index contributed by atoms with van der Waals surface area (Å²) in [6.07, 6.45) is 3.81. The highest BCUT2D eigenvalue weighted by molar-refractivity contribution is 6.30. The van der Waals surface area contributed by atoms with Gasteiger partial charge >= 0.3 is 0 Å². The fourth-order valence-corrected chi connectivity index (χ4v) is 2.70. The lowest BCUT2D eigenvalue weighted by atomic mass is 9.82. The van der Waals surface area contributed by atoms with Gasteiger partial charge in [0.1, 0.15) is 0 Å². The van der Waals surface area contributed by atoms with Crippen molar-refractivity contribution in [2.75, 3.05) is 6.54 Å². The van der Waals surface area contributed by atoms with Crippen molar-refractivity contribution in [2.45, 2.75) is 43.7 Å². The molecule has 1 aliphatic rings. The van der Waals surface area contributed by atoms with E-state index < -0.39 is 11.6 Å². The van der Waals surface area contributed by atoms with Crippen molar-refractivity contribution < 1.29 is 9.90 Å². The Morgan fingerprint density at radius 1 is 1.30 bits per heavy atom. The summed E-state index contributed by atoms with van der Waals surface area (Å²) in [5.74, 6) is -0.162. The number of rotatable bonds is 4. The molecule has 4 N–H and O–H groups in total. The second-order valence-electron chi connectivity index (χ2n) is 5.49. The maximum Gasteiger partial charge on any atom is 0.240 e. The number of hydrogen-bond donors (Lipinski definition) is 3. The van der Waals surface area contributed by atoms with Crippen molar-refractivity contribution in [1.82, 2.24) is 5.32 Å². The van der Waals surface area contributed by atoms with Crippen LogP contribution in [0.4, 0.5) is 0 Å². The summed E-state index contributed by atoms with van der Waals surface area (Å²) in [6.45, 7) is 0.166. The molecule has 5 heteroatoms. The van der Waals surface area contributed by atoms with Crippen LogP contribution in [-0.4, -0.2) is 23.1 Å². The zero-order chi connectivity index (χ0) is 14.6. The van der Waals surface area contributed by atoms with Crippen molar-refractivity contribution in [1.29, 1.82) is 0 Å². The molecule has 1 atom stereocenters. The Bertz CT molecular complexity index is 455. The first-order chi connectivity index (χ1) is 9.51. The zero-order valence-electron chi connectivity index (χ0n) is 11.4. The van der Waals surface area contributed by atoms with E-state index in [4.69, 9.17) is 17.3 Å². The minimum Gasteiger partial charge on any atom is -0.387 e. The SMILES string of the molecule is NC1(C(=O)NCC(O)c2ccc(Cl)cc2)CCCCC1. The van der Waals surface area contributed by atoms with Gasteiger partial charge in [0.2, 0.25) is 5.91 Å². The minimum atomic E-state index is -0.766. The third kappa shape index (κ3) is 3.72. The molecular formula is C15H21ClN2O2. The number of carbonyl (C=O) groups excluding carboxylic acids is 1. The largest absolute Gasteiger partial charge is 0.387 e. The van der Waals surface area contributed by atoms with Gasteiger partial charge in [-0.15, -0.1) is 0 Å². The molecule has 1 aliphatic carbocycles. The second kappa shape index (κ2) is 6.57. The molecule has 0 bridgehead atoms. The Labute approximate surface area is 124 Å². The molecule has 0 radical (unpaired) electrons. The van der Waals surface area contributed by atoms with Gasteiger partial charge in [0.05, 0.1) is 11.6 Å². The van der Waals surface area contributed by atoms with Crippen LogP contribution in [0.2, 0.25) is 5.02 Å². The van der Waals surface area contributed by atoms with Crippen LogP contribution >= 0.6 is 11.6 Å². The van der Waals surface area contributed by atoms with Crippen LogP contribution in [0, 0.1) is 0 Å². The van der Waals surface area contributed by atoms with Crippen molar-refractivity contribution in [3.63, 3.8) is 0 Å². The minimum absolute atomic E-state index is 0.162. The van der Waals surface area contributed by atoms with Crippen LogP contribution < -0.4 is 11.1 Å². The standard InChI is InChI=1S/C15H21ClN2O2/c16-12-6-4-11(5-7-12)13(19)10-18-14(20)15(17)8-2-1-3-9-15/h4-7,13,19H,1-3,8-10,17H2,(H,18,20). The van der Waals surface area contributed by atoms with Crippen LogP contribution in [0.1, 0.15) is 43.8 Å². The van der Waals surface area contributed by atoms with E-state index in [1.807, 2.05) is 0 Å². The topological polar surface area (TPSA) is 75.4 Å². The number of hydrogen-bond acceptors (Lipinski definition) is 3. The van der Waals surface area contributed by atoms with Crippen LogP contribution in [0.3, 0.4) is 0 Å². The van der Waals surface area contributed by atoms with E-state index in [1.54, 1.807) is 24.3 Å². The summed E-state index contributed by atoms with van der Waals surface area (Å²) in [5.41, 5.74) is 6.10. The van der Waals surface area contributed by atoms with Gasteiger partial charge in [0.15, 0.2) is 0 Å². The number of benzene rings is 1. The molecular weight excluding hydrogens is 276 g/mol. The Balaban J connectivity index is 1.88. The Morgan fingerprint density at radius 3 is 2.50 bits per heavy atom. The second-order valence-corrected chi connectivity index (χ2v) is 5.93. The van der Waals surface area contributed by atoms with E-state index in [2.05, 4.69) is 5.32 Å². The summed E-state index contributed by atoms with van der Waals surface area (Å²) in [7, 11) is 0. The van der Waals surface area contributed by atoms with E-state index in [0.29, 0.717) is 5.02 Å². The number of aliphatic hydroxyl groups excluding tert-OH is 1. The highest BCUT2D eigenvalue weighted by Crippen LogP contribution is 2.26. The summed E-state index contributed by atoms with van der Waals surface area (Å²) < 4.78 is 0. The fraction of sp³-hybridized carbons (Fsp3) is 0.533. The van der Waals surface area contributed by atoms with E-state index in [0.717, 1.165) is 37.7 Å². The molecule has 0 saturated heterocycles. The normalized spacial score (nSPS) is 19.4. The predicted molar refractivity (Wildman–Crippen MR) is 79.4 cm³/mol. The molecule has 0 spiro atoms. The van der Waals surface area contributed by atoms with Crippen molar-refractivity contribution in [2.24, 2.45) is 5.73 Å². The predicted octanol–water partition coefficient (Wildman–Crippen LogP) is 2.15. The van der Waals surface area contributed by atoms with Gasteiger partial charge in [0.25, 0.3) is 0 Å². The molecule has 4 nitrogen and oxygen atoms in total. The average molecular weight is 297 g/mol. The molecule has 0 aromatic heterocycles. The molecule has 0 aliphatic heterocycles. The first kappa shape index (κ1) is 15.3. The Morgan fingerprint density at radius 2 is 1.90 bits per heavy atom. The molecule has 1 aromatic rings. The Kier molecular flexibility index (Phi) is 5.02. The van der Waals surface area contributed by atoms with E-state index >= 15 is 0 Å². The lowest BCUT2D eigenvalue weighted by molar-refractivity contribution is -0.128. The van der Waals surface area contributed by atoms with Crippen molar-refractivity contribution in [3.8, 4) is 0 Å². The first-order valence-electron chi connectivity index (χ1n) is 7.02. The summed E-state index contributed by atoms with van der Waals surface area (Å²) in [5, 5.41) is 13.4. The van der Waals surface area contributed by atoms with Crippen LogP contribution in [-0.2, 0) is 4.79 Å². The Hall–Kier alpha value is -1.10. The number of nitrogens with one attached hydrogen (secondary N) is 1. The third-order valence-corrected chi connectivity index (χ3v) is 4.16. The maximum absolute atomic E-state index is 12.1. The smallest absolute Gasteiger partial charge is 0.240 e. The first-order valence-corrected chi connectivity index (χ1v) is 7.40. The summed E-state index contributed by atoms with van der Waals surface area (Å²) in [6, 6.07) is 6.93. The van der Waals surface area contributed by atoms with Gasteiger partial charge in [-0.1, -0.05) is 43.0 Å². The van der Waals surface area contributed by atoms with Crippen molar-refractivity contribution >= 4 is 17.5 Å². The zero-order valence-corrected chi connectivity index (χ0v) is 12.2. The molecule has 1 amide bonds. The summed E-state index contributed by atoms with van der Waals surface area (Å²) >= 11 is 5.80. The van der Waals surface area contributed by atoms with Crippen LogP contribution in [0.15, 0.2) is 24.3 Å². The van der Waals surface area contributed by atoms with Crippen molar-refractivity contribution in [3.05, 3.63) is 34.9 Å². The quantitative estimate of drug-likeness (QED) is 0.797. The van der Waals surface area contributed by atoms with Gasteiger partial charge in [-0.3, -0.25) is 4.79 Å². The molecule has 20 heavy (non-hydrogen) atoms. The highest BCUT2D eigenvalue weighted by atomic mass is 35.5. The lowest BCUT2D eigenvalue weighted by Gasteiger charge is -2.32. The van der Waals surface area contributed by atoms with E-state index in [9.17, 15) is 9.90 Å². The molecule has 110 valence electrons. The molecule has 0 heterocycles. The van der Waals surface area contributed by atoms with Gasteiger partial charge in [-0.2, -0.15) is 0 Å². The number of nitrogens with two attached hydrogens (primary N) is 1. The lowest BCUT2D eigenvalue weighted by Crippen LogP contribution is -2.55. The number of amides is 1.